The first kappa shape index (κ1) is 5.79. The molecule has 0 radical (unpaired) electrons. The third-order valence-electron chi connectivity index (χ3n) is 0.830. The van der Waals surface area contributed by atoms with Crippen molar-refractivity contribution in [2.24, 2.45) is 16.7 Å². The Morgan fingerprint density at radius 3 is 2.78 bits per heavy atom. The maximum atomic E-state index is 7.04. The van der Waals surface area contributed by atoms with Crippen LogP contribution in [0.15, 0.2) is 5.10 Å². The third-order valence-corrected chi connectivity index (χ3v) is 0.830. The lowest BCUT2D eigenvalue weighted by molar-refractivity contribution is 0.257. The molecule has 0 atom stereocenters. The normalized spacial score (nSPS) is 19.0. The van der Waals surface area contributed by atoms with Crippen LogP contribution in [0.4, 0.5) is 0 Å². The lowest BCUT2D eigenvalue weighted by Crippen LogP contribution is -2.60. The maximum Gasteiger partial charge on any atom is 0.197 e. The van der Waals surface area contributed by atoms with Gasteiger partial charge in [-0.05, 0) is 0 Å². The minimum absolute atomic E-state index is 0.0521. The zero-order valence-corrected chi connectivity index (χ0v) is 4.55. The summed E-state index contributed by atoms with van der Waals surface area (Å²) in [5, 5.41) is 11.4. The molecule has 9 heavy (non-hydrogen) atoms. The van der Waals surface area contributed by atoms with E-state index in [-0.39, 0.29) is 11.7 Å². The molecule has 0 aromatic carbocycles. The van der Waals surface area contributed by atoms with E-state index in [1.807, 2.05) is 0 Å². The summed E-state index contributed by atoms with van der Waals surface area (Å²) in [6.07, 6.45) is 0. The van der Waals surface area contributed by atoms with Crippen LogP contribution in [-0.4, -0.2) is 16.8 Å². The molecule has 0 bridgehead atoms. The third kappa shape index (κ3) is 0.902. The Labute approximate surface area is 51.1 Å². The molecule has 1 rings (SSSR count). The number of hydrogen-bond acceptors (Lipinski definition) is 6. The van der Waals surface area contributed by atoms with Crippen LogP contribution in [0.3, 0.4) is 0 Å². The molecule has 0 unspecified atom stereocenters. The molecule has 0 amide bonds. The van der Waals surface area contributed by atoms with E-state index in [0.717, 1.165) is 5.12 Å². The van der Waals surface area contributed by atoms with Crippen molar-refractivity contribution in [3.63, 3.8) is 0 Å². The highest BCUT2D eigenvalue weighted by Crippen LogP contribution is 1.79. The predicted molar refractivity (Wildman–Crippen MR) is 31.6 cm³/mol. The van der Waals surface area contributed by atoms with Gasteiger partial charge in [-0.1, -0.05) is 0 Å². The number of amidine groups is 2. The first-order chi connectivity index (χ1) is 4.22. The fraction of sp³-hybridized carbons (Fsp3) is 0. The van der Waals surface area contributed by atoms with Crippen molar-refractivity contribution in [2.75, 3.05) is 0 Å². The quantitative estimate of drug-likeness (QED) is 0.231. The molecular weight excluding hydrogens is 122 g/mol. The van der Waals surface area contributed by atoms with Crippen molar-refractivity contribution in [1.82, 2.24) is 16.2 Å². The standard InChI is InChI=1S/C2H7N7/c3-1-2(4)9(5)8-7-6-1/h4,7-8H,5H2,(H2,3,6). The molecule has 1 heterocycles. The molecule has 7 heteroatoms. The number of nitrogens with zero attached hydrogens (tertiary/aromatic N) is 2. The van der Waals surface area contributed by atoms with E-state index in [2.05, 4.69) is 16.2 Å². The Kier molecular flexibility index (Phi) is 1.21. The molecule has 7 nitrogen and oxygen atoms in total. The Bertz CT molecular complexity index is 158. The summed E-state index contributed by atoms with van der Waals surface area (Å²) in [6.45, 7) is 0. The highest BCUT2D eigenvalue weighted by molar-refractivity contribution is 6.38. The van der Waals surface area contributed by atoms with Gasteiger partial charge in [-0.15, -0.1) is 10.6 Å². The van der Waals surface area contributed by atoms with Crippen molar-refractivity contribution < 1.29 is 0 Å². The lowest BCUT2D eigenvalue weighted by Gasteiger charge is -2.22. The number of hydrogen-bond donors (Lipinski definition) is 5. The van der Waals surface area contributed by atoms with Crippen LogP contribution < -0.4 is 22.6 Å². The van der Waals surface area contributed by atoms with Gasteiger partial charge in [-0.3, -0.25) is 5.41 Å². The number of rotatable bonds is 0. The van der Waals surface area contributed by atoms with Crippen LogP contribution in [-0.2, 0) is 0 Å². The van der Waals surface area contributed by atoms with E-state index in [0.29, 0.717) is 0 Å². The molecule has 0 fully saturated rings. The Hall–Kier alpha value is -1.34. The second-order valence-electron chi connectivity index (χ2n) is 1.44. The SMILES string of the molecule is N=C1C(N)=NNNN1N. The van der Waals surface area contributed by atoms with E-state index >= 15 is 0 Å². The minimum atomic E-state index is -0.0613. The zero-order valence-electron chi connectivity index (χ0n) is 4.55. The van der Waals surface area contributed by atoms with Gasteiger partial charge in [0.1, 0.15) is 0 Å². The lowest BCUT2D eigenvalue weighted by atomic mass is 10.5. The van der Waals surface area contributed by atoms with Crippen molar-refractivity contribution in [2.45, 2.75) is 0 Å². The Morgan fingerprint density at radius 2 is 2.33 bits per heavy atom. The van der Waals surface area contributed by atoms with Gasteiger partial charge in [-0.25, -0.2) is 16.5 Å². The average Bonchev–Trinajstić information content (AvgIpc) is 1.83. The topological polar surface area (TPSA) is 116 Å². The van der Waals surface area contributed by atoms with E-state index in [1.165, 1.54) is 0 Å². The van der Waals surface area contributed by atoms with Gasteiger partial charge in [0.15, 0.2) is 11.7 Å². The molecule has 0 aliphatic carbocycles. The van der Waals surface area contributed by atoms with Crippen molar-refractivity contribution in [3.8, 4) is 0 Å². The summed E-state index contributed by atoms with van der Waals surface area (Å²) in [5.41, 5.74) is 9.79. The van der Waals surface area contributed by atoms with Gasteiger partial charge in [-0.2, -0.15) is 0 Å². The molecule has 1 aliphatic rings. The van der Waals surface area contributed by atoms with Gasteiger partial charge in [0.25, 0.3) is 0 Å². The number of nitrogens with two attached hydrogens (primary N) is 2. The summed E-state index contributed by atoms with van der Waals surface area (Å²) in [4.78, 5) is 0. The van der Waals surface area contributed by atoms with E-state index in [1.54, 1.807) is 0 Å². The fourth-order valence-corrected chi connectivity index (χ4v) is 0.371. The molecular formula is C2H7N7. The monoisotopic (exact) mass is 129 g/mol. The second kappa shape index (κ2) is 1.88. The van der Waals surface area contributed by atoms with Crippen LogP contribution >= 0.6 is 0 Å². The summed E-state index contributed by atoms with van der Waals surface area (Å²) < 4.78 is 0. The molecule has 50 valence electrons. The number of hydrazone groups is 1. The number of nitrogens with one attached hydrogen (secondary N) is 3. The van der Waals surface area contributed by atoms with E-state index in [9.17, 15) is 0 Å². The van der Waals surface area contributed by atoms with Gasteiger partial charge < -0.3 is 5.73 Å². The smallest absolute Gasteiger partial charge is 0.197 e. The van der Waals surface area contributed by atoms with Crippen molar-refractivity contribution >= 4 is 11.7 Å². The Morgan fingerprint density at radius 1 is 1.67 bits per heavy atom. The first-order valence-corrected chi connectivity index (χ1v) is 2.19. The highest BCUT2D eigenvalue weighted by atomic mass is 15.9. The van der Waals surface area contributed by atoms with Crippen LogP contribution in [0.2, 0.25) is 0 Å². The predicted octanol–water partition coefficient (Wildman–Crippen LogP) is -2.57. The van der Waals surface area contributed by atoms with Crippen molar-refractivity contribution in [3.05, 3.63) is 0 Å². The summed E-state index contributed by atoms with van der Waals surface area (Å²) >= 11 is 0. The number of hydrazine groups is 3. The zero-order chi connectivity index (χ0) is 6.85. The van der Waals surface area contributed by atoms with Gasteiger partial charge in [0, 0.05) is 0 Å². The fourth-order valence-electron chi connectivity index (χ4n) is 0.371. The summed E-state index contributed by atoms with van der Waals surface area (Å²) in [5.74, 6) is 5.13. The summed E-state index contributed by atoms with van der Waals surface area (Å²) in [7, 11) is 0. The van der Waals surface area contributed by atoms with E-state index in [4.69, 9.17) is 17.0 Å². The second-order valence-corrected chi connectivity index (χ2v) is 1.44. The van der Waals surface area contributed by atoms with Gasteiger partial charge in [0.05, 0.1) is 0 Å². The maximum absolute atomic E-state index is 7.04. The molecule has 0 aromatic heterocycles. The van der Waals surface area contributed by atoms with Crippen LogP contribution in [0.25, 0.3) is 0 Å². The van der Waals surface area contributed by atoms with Crippen molar-refractivity contribution in [1.29, 1.82) is 5.41 Å². The van der Waals surface area contributed by atoms with Gasteiger partial charge in [0.2, 0.25) is 0 Å². The summed E-state index contributed by atoms with van der Waals surface area (Å²) in [6, 6.07) is 0. The molecule has 7 N–H and O–H groups in total. The molecule has 0 saturated heterocycles. The minimum Gasteiger partial charge on any atom is -0.379 e. The first-order valence-electron chi connectivity index (χ1n) is 2.19. The van der Waals surface area contributed by atoms with Crippen LogP contribution in [0, 0.1) is 5.41 Å². The average molecular weight is 129 g/mol. The largest absolute Gasteiger partial charge is 0.379 e. The Balaban J connectivity index is 2.74. The molecule has 1 aliphatic heterocycles. The van der Waals surface area contributed by atoms with Crippen LogP contribution in [0.1, 0.15) is 0 Å². The molecule has 0 saturated carbocycles. The van der Waals surface area contributed by atoms with E-state index < -0.39 is 0 Å². The molecule has 0 spiro atoms. The van der Waals surface area contributed by atoms with Gasteiger partial charge >= 0.3 is 0 Å². The van der Waals surface area contributed by atoms with Crippen LogP contribution in [0.5, 0.6) is 0 Å². The molecule has 0 aromatic rings. The highest BCUT2D eigenvalue weighted by Gasteiger charge is 2.12.